The lowest BCUT2D eigenvalue weighted by Gasteiger charge is -2.41. The summed E-state index contributed by atoms with van der Waals surface area (Å²) < 4.78 is 5.77. The van der Waals surface area contributed by atoms with Gasteiger partial charge in [0.2, 0.25) is 5.91 Å². The summed E-state index contributed by atoms with van der Waals surface area (Å²) in [6, 6.07) is 9.00. The molecule has 2 fully saturated rings. The van der Waals surface area contributed by atoms with E-state index in [1.165, 1.54) is 12.1 Å². The highest BCUT2D eigenvalue weighted by Crippen LogP contribution is 2.29. The smallest absolute Gasteiger partial charge is 0.237 e. The van der Waals surface area contributed by atoms with E-state index in [0.29, 0.717) is 31.1 Å². The number of anilines is 1. The lowest BCUT2D eigenvalue weighted by molar-refractivity contribution is -0.138. The van der Waals surface area contributed by atoms with Crippen LogP contribution in [0.25, 0.3) is 0 Å². The molecule has 3 rings (SSSR count). The van der Waals surface area contributed by atoms with E-state index >= 15 is 0 Å². The van der Waals surface area contributed by atoms with Crippen LogP contribution < -0.4 is 9.64 Å². The van der Waals surface area contributed by atoms with E-state index in [9.17, 15) is 4.79 Å². The number of piperidine rings is 1. The number of rotatable bonds is 5. The highest BCUT2D eigenvalue weighted by atomic mass is 16.5. The quantitative estimate of drug-likeness (QED) is 0.810. The van der Waals surface area contributed by atoms with E-state index in [-0.39, 0.29) is 0 Å². The normalized spacial score (nSPS) is 24.6. The van der Waals surface area contributed by atoms with E-state index < -0.39 is 0 Å². The molecule has 2 atom stereocenters. The highest BCUT2D eigenvalue weighted by Gasteiger charge is 2.30. The first-order valence-electron chi connectivity index (χ1n) is 10.1. The molecular formula is C21H33N3O2. The predicted molar refractivity (Wildman–Crippen MR) is 106 cm³/mol. The Kier molecular flexibility index (Phi) is 6.41. The average Bonchev–Trinajstić information content (AvgIpc) is 2.63. The Morgan fingerprint density at radius 2 is 1.73 bits per heavy atom. The topological polar surface area (TPSA) is 36.0 Å². The zero-order chi connectivity index (χ0) is 18.5. The predicted octanol–water partition coefficient (Wildman–Crippen LogP) is 3.00. The van der Waals surface area contributed by atoms with Crippen molar-refractivity contribution < 1.29 is 9.53 Å². The van der Waals surface area contributed by atoms with Crippen molar-refractivity contribution in [2.24, 2.45) is 0 Å². The Labute approximate surface area is 157 Å². The minimum atomic E-state index is 0.299. The van der Waals surface area contributed by atoms with E-state index in [2.05, 4.69) is 40.7 Å². The maximum Gasteiger partial charge on any atom is 0.237 e. The molecule has 0 spiro atoms. The third kappa shape index (κ3) is 4.32. The largest absolute Gasteiger partial charge is 0.492 e. The summed E-state index contributed by atoms with van der Waals surface area (Å²) in [5, 5.41) is 0. The van der Waals surface area contributed by atoms with Gasteiger partial charge in [0.15, 0.2) is 0 Å². The lowest BCUT2D eigenvalue weighted by atomic mass is 9.97. The third-order valence-electron chi connectivity index (χ3n) is 5.72. The van der Waals surface area contributed by atoms with E-state index in [1.54, 1.807) is 0 Å². The lowest BCUT2D eigenvalue weighted by Crippen LogP contribution is -2.54. The summed E-state index contributed by atoms with van der Waals surface area (Å²) in [6.07, 6.45) is 3.51. The van der Waals surface area contributed by atoms with E-state index in [1.807, 2.05) is 19.1 Å². The highest BCUT2D eigenvalue weighted by molar-refractivity contribution is 5.79. The van der Waals surface area contributed by atoms with Crippen LogP contribution in [0.1, 0.15) is 40.0 Å². The van der Waals surface area contributed by atoms with Gasteiger partial charge in [-0.25, -0.2) is 0 Å². The number of amides is 1. The second kappa shape index (κ2) is 8.76. The number of carbonyl (C=O) groups is 1. The van der Waals surface area contributed by atoms with Crippen molar-refractivity contribution in [3.63, 3.8) is 0 Å². The van der Waals surface area contributed by atoms with Gasteiger partial charge in [-0.05, 0) is 52.2 Å². The van der Waals surface area contributed by atoms with Crippen LogP contribution in [0.3, 0.4) is 0 Å². The van der Waals surface area contributed by atoms with Gasteiger partial charge in [-0.3, -0.25) is 9.69 Å². The van der Waals surface area contributed by atoms with Gasteiger partial charge in [0.25, 0.3) is 0 Å². The molecule has 2 saturated heterocycles. The summed E-state index contributed by atoms with van der Waals surface area (Å²) in [7, 11) is 0. The molecule has 0 bridgehead atoms. The summed E-state index contributed by atoms with van der Waals surface area (Å²) >= 11 is 0. The van der Waals surface area contributed by atoms with Crippen LogP contribution in [0.5, 0.6) is 5.75 Å². The number of nitrogens with zero attached hydrogens (tertiary/aromatic N) is 3. The molecule has 0 aromatic heterocycles. The minimum absolute atomic E-state index is 0.299. The first-order valence-corrected chi connectivity index (χ1v) is 10.1. The summed E-state index contributed by atoms with van der Waals surface area (Å²) in [5.41, 5.74) is 1.17. The fraction of sp³-hybridized carbons (Fsp3) is 0.667. The van der Waals surface area contributed by atoms with Gasteiger partial charge in [-0.1, -0.05) is 12.1 Å². The van der Waals surface area contributed by atoms with Crippen molar-refractivity contribution in [1.29, 1.82) is 0 Å². The van der Waals surface area contributed by atoms with E-state index in [0.717, 1.165) is 44.8 Å². The fourth-order valence-corrected chi connectivity index (χ4v) is 4.33. The van der Waals surface area contributed by atoms with Crippen molar-refractivity contribution in [1.82, 2.24) is 9.80 Å². The number of ether oxygens (including phenoxy) is 1. The SMILES string of the molecule is CCOc1ccccc1N1CCN(CC(=O)N2C(C)CCCC2C)CC1. The molecule has 5 nitrogen and oxygen atoms in total. The Hall–Kier alpha value is -1.75. The number of carbonyl (C=O) groups excluding carboxylic acids is 1. The minimum Gasteiger partial charge on any atom is -0.492 e. The molecule has 144 valence electrons. The van der Waals surface area contributed by atoms with Crippen LogP contribution in [0.15, 0.2) is 24.3 Å². The Morgan fingerprint density at radius 3 is 2.38 bits per heavy atom. The van der Waals surface area contributed by atoms with Crippen LogP contribution in [-0.4, -0.2) is 67.1 Å². The van der Waals surface area contributed by atoms with E-state index in [4.69, 9.17) is 4.74 Å². The molecular weight excluding hydrogens is 326 g/mol. The monoisotopic (exact) mass is 359 g/mol. The molecule has 5 heteroatoms. The molecule has 1 aromatic carbocycles. The first-order chi connectivity index (χ1) is 12.6. The molecule has 2 unspecified atom stereocenters. The second-order valence-corrected chi connectivity index (χ2v) is 7.59. The summed E-state index contributed by atoms with van der Waals surface area (Å²) in [6.45, 7) is 11.3. The van der Waals surface area contributed by atoms with Crippen molar-refractivity contribution >= 4 is 11.6 Å². The molecule has 0 aliphatic carbocycles. The van der Waals surface area contributed by atoms with Crippen LogP contribution in [0, 0.1) is 0 Å². The molecule has 2 heterocycles. The van der Waals surface area contributed by atoms with Crippen LogP contribution in [0.2, 0.25) is 0 Å². The Bertz CT molecular complexity index is 589. The zero-order valence-electron chi connectivity index (χ0n) is 16.5. The molecule has 1 aromatic rings. The van der Waals surface area contributed by atoms with Crippen molar-refractivity contribution in [2.75, 3.05) is 44.2 Å². The molecule has 2 aliphatic rings. The summed E-state index contributed by atoms with van der Waals surface area (Å²) in [4.78, 5) is 19.6. The number of hydrogen-bond acceptors (Lipinski definition) is 4. The standard InChI is InChI=1S/C21H33N3O2/c1-4-26-20-11-6-5-10-19(20)23-14-12-22(13-15-23)16-21(25)24-17(2)8-7-9-18(24)3/h5-6,10-11,17-18H,4,7-9,12-16H2,1-3H3. The van der Waals surface area contributed by atoms with Gasteiger partial charge in [0.05, 0.1) is 18.8 Å². The Balaban J connectivity index is 1.55. The second-order valence-electron chi connectivity index (χ2n) is 7.59. The molecule has 0 saturated carbocycles. The van der Waals surface area contributed by atoms with Gasteiger partial charge in [-0.2, -0.15) is 0 Å². The fourth-order valence-electron chi connectivity index (χ4n) is 4.33. The van der Waals surface area contributed by atoms with Gasteiger partial charge < -0.3 is 14.5 Å². The average molecular weight is 360 g/mol. The van der Waals surface area contributed by atoms with Crippen molar-refractivity contribution in [3.8, 4) is 5.75 Å². The van der Waals surface area contributed by atoms with Crippen LogP contribution in [-0.2, 0) is 4.79 Å². The third-order valence-corrected chi connectivity index (χ3v) is 5.72. The van der Waals surface area contributed by atoms with Crippen molar-refractivity contribution in [2.45, 2.75) is 52.1 Å². The molecule has 1 amide bonds. The van der Waals surface area contributed by atoms with Gasteiger partial charge in [-0.15, -0.1) is 0 Å². The molecule has 2 aliphatic heterocycles. The number of benzene rings is 1. The van der Waals surface area contributed by atoms with Crippen LogP contribution in [0.4, 0.5) is 5.69 Å². The number of hydrogen-bond donors (Lipinski definition) is 0. The molecule has 0 radical (unpaired) electrons. The molecule has 26 heavy (non-hydrogen) atoms. The maximum absolute atomic E-state index is 12.8. The number of piperazine rings is 1. The zero-order valence-corrected chi connectivity index (χ0v) is 16.5. The number of para-hydroxylation sites is 2. The van der Waals surface area contributed by atoms with Crippen LogP contribution >= 0.6 is 0 Å². The summed E-state index contributed by atoms with van der Waals surface area (Å²) in [5.74, 6) is 1.25. The van der Waals surface area contributed by atoms with Gasteiger partial charge in [0, 0.05) is 38.3 Å². The Morgan fingerprint density at radius 1 is 1.08 bits per heavy atom. The maximum atomic E-state index is 12.8. The number of likely N-dealkylation sites (tertiary alicyclic amines) is 1. The van der Waals surface area contributed by atoms with Gasteiger partial charge >= 0.3 is 0 Å². The van der Waals surface area contributed by atoms with Crippen molar-refractivity contribution in [3.05, 3.63) is 24.3 Å². The molecule has 0 N–H and O–H groups in total. The first kappa shape index (κ1) is 19.0. The van der Waals surface area contributed by atoms with Gasteiger partial charge in [0.1, 0.15) is 5.75 Å².